The molecule has 0 saturated carbocycles. The molecule has 0 atom stereocenters. The summed E-state index contributed by atoms with van der Waals surface area (Å²) in [6.45, 7) is 7.88. The second-order valence-electron chi connectivity index (χ2n) is 5.99. The van der Waals surface area contributed by atoms with Gasteiger partial charge >= 0.3 is 5.97 Å². The molecular weight excluding hydrogens is 266 g/mol. The molecular formula is C17H23NO3. The predicted octanol–water partition coefficient (Wildman–Crippen LogP) is 3.11. The van der Waals surface area contributed by atoms with Crippen LogP contribution < -0.4 is 0 Å². The number of carbonyl (C=O) groups is 2. The van der Waals surface area contributed by atoms with Gasteiger partial charge in [-0.15, -0.1) is 0 Å². The van der Waals surface area contributed by atoms with Crippen LogP contribution in [0.3, 0.4) is 0 Å². The zero-order valence-electron chi connectivity index (χ0n) is 13.1. The van der Waals surface area contributed by atoms with Gasteiger partial charge in [0.2, 0.25) is 5.91 Å². The Morgan fingerprint density at radius 1 is 1.24 bits per heavy atom. The van der Waals surface area contributed by atoms with Crippen molar-refractivity contribution in [1.29, 1.82) is 0 Å². The Morgan fingerprint density at radius 3 is 2.38 bits per heavy atom. The molecule has 0 radical (unpaired) electrons. The Bertz CT molecular complexity index is 541. The molecule has 0 unspecified atom stereocenters. The van der Waals surface area contributed by atoms with Crippen molar-refractivity contribution in [2.24, 2.45) is 0 Å². The van der Waals surface area contributed by atoms with Crippen LogP contribution in [0.5, 0.6) is 0 Å². The summed E-state index contributed by atoms with van der Waals surface area (Å²) in [5.41, 5.74) is 1.66. The van der Waals surface area contributed by atoms with Crippen molar-refractivity contribution in [3.05, 3.63) is 41.5 Å². The van der Waals surface area contributed by atoms with Gasteiger partial charge in [-0.2, -0.15) is 0 Å². The average Bonchev–Trinajstić information content (AvgIpc) is 2.36. The molecule has 1 aromatic rings. The van der Waals surface area contributed by atoms with Gasteiger partial charge in [-0.05, 0) is 44.9 Å². The van der Waals surface area contributed by atoms with E-state index in [1.165, 1.54) is 6.08 Å². The lowest BCUT2D eigenvalue weighted by Gasteiger charge is -2.34. The Kier molecular flexibility index (Phi) is 5.70. The lowest BCUT2D eigenvalue weighted by molar-refractivity contribution is -0.139. The molecule has 114 valence electrons. The van der Waals surface area contributed by atoms with Crippen molar-refractivity contribution < 1.29 is 14.7 Å². The van der Waals surface area contributed by atoms with E-state index >= 15 is 0 Å². The molecule has 4 heteroatoms. The molecule has 0 aliphatic heterocycles. The van der Waals surface area contributed by atoms with E-state index in [1.54, 1.807) is 11.0 Å². The van der Waals surface area contributed by atoms with Crippen molar-refractivity contribution in [3.8, 4) is 0 Å². The summed E-state index contributed by atoms with van der Waals surface area (Å²) in [5.74, 6) is -1.08. The molecule has 21 heavy (non-hydrogen) atoms. The van der Waals surface area contributed by atoms with Crippen LogP contribution in [0.15, 0.2) is 30.3 Å². The van der Waals surface area contributed by atoms with Crippen LogP contribution in [0.2, 0.25) is 0 Å². The molecule has 0 spiro atoms. The maximum atomic E-state index is 12.3. The smallest absolute Gasteiger partial charge is 0.305 e. The number of aryl methyl sites for hydroxylation is 1. The topological polar surface area (TPSA) is 57.6 Å². The van der Waals surface area contributed by atoms with Crippen LogP contribution >= 0.6 is 0 Å². The number of carbonyl (C=O) groups excluding carboxylic acids is 1. The van der Waals surface area contributed by atoms with E-state index in [-0.39, 0.29) is 18.9 Å². The number of amides is 1. The van der Waals surface area contributed by atoms with Crippen LogP contribution in [0, 0.1) is 6.92 Å². The quantitative estimate of drug-likeness (QED) is 0.847. The first-order valence-electron chi connectivity index (χ1n) is 6.99. The van der Waals surface area contributed by atoms with E-state index in [0.29, 0.717) is 0 Å². The molecule has 0 aliphatic carbocycles. The Balaban J connectivity index is 2.86. The lowest BCUT2D eigenvalue weighted by atomic mass is 10.0. The average molecular weight is 289 g/mol. The molecule has 0 aliphatic rings. The predicted molar refractivity (Wildman–Crippen MR) is 83.9 cm³/mol. The molecule has 0 fully saturated rings. The normalized spacial score (nSPS) is 11.6. The van der Waals surface area contributed by atoms with E-state index in [9.17, 15) is 9.59 Å². The monoisotopic (exact) mass is 289 g/mol. The highest BCUT2D eigenvalue weighted by Gasteiger charge is 2.25. The molecule has 0 bridgehead atoms. The van der Waals surface area contributed by atoms with E-state index in [0.717, 1.165) is 11.1 Å². The third-order valence-electron chi connectivity index (χ3n) is 3.22. The third-order valence-corrected chi connectivity index (χ3v) is 3.22. The van der Waals surface area contributed by atoms with Crippen LogP contribution in [0.4, 0.5) is 0 Å². The highest BCUT2D eigenvalue weighted by molar-refractivity contribution is 5.92. The summed E-state index contributed by atoms with van der Waals surface area (Å²) in [7, 11) is 0. The highest BCUT2D eigenvalue weighted by Crippen LogP contribution is 2.16. The first kappa shape index (κ1) is 17.0. The van der Waals surface area contributed by atoms with E-state index in [4.69, 9.17) is 5.11 Å². The van der Waals surface area contributed by atoms with Crippen LogP contribution in [0.25, 0.3) is 6.08 Å². The van der Waals surface area contributed by atoms with Gasteiger partial charge in [-0.25, -0.2) is 0 Å². The zero-order chi connectivity index (χ0) is 16.0. The maximum absolute atomic E-state index is 12.3. The first-order valence-corrected chi connectivity index (χ1v) is 6.99. The van der Waals surface area contributed by atoms with Gasteiger partial charge in [0, 0.05) is 18.2 Å². The highest BCUT2D eigenvalue weighted by atomic mass is 16.4. The molecule has 1 N–H and O–H groups in total. The molecule has 0 saturated heterocycles. The van der Waals surface area contributed by atoms with Crippen molar-refractivity contribution in [2.75, 3.05) is 6.54 Å². The molecule has 0 heterocycles. The SMILES string of the molecule is Cc1ccccc1/C=C/C(=O)N(CCC(=O)O)C(C)(C)C. The molecule has 1 amide bonds. The molecule has 1 aromatic carbocycles. The van der Waals surface area contributed by atoms with Gasteiger partial charge in [0.15, 0.2) is 0 Å². The maximum Gasteiger partial charge on any atom is 0.305 e. The Morgan fingerprint density at radius 2 is 1.86 bits per heavy atom. The van der Waals surface area contributed by atoms with Crippen molar-refractivity contribution >= 4 is 18.0 Å². The Hall–Kier alpha value is -2.10. The summed E-state index contributed by atoms with van der Waals surface area (Å²) in [6.07, 6.45) is 3.23. The largest absolute Gasteiger partial charge is 0.481 e. The van der Waals surface area contributed by atoms with Crippen molar-refractivity contribution in [3.63, 3.8) is 0 Å². The van der Waals surface area contributed by atoms with Crippen LogP contribution in [-0.2, 0) is 9.59 Å². The lowest BCUT2D eigenvalue weighted by Crippen LogP contribution is -2.45. The molecule has 1 rings (SSSR count). The minimum Gasteiger partial charge on any atom is -0.481 e. The second-order valence-corrected chi connectivity index (χ2v) is 5.99. The van der Waals surface area contributed by atoms with Gasteiger partial charge in [-0.3, -0.25) is 9.59 Å². The first-order chi connectivity index (χ1) is 9.71. The van der Waals surface area contributed by atoms with E-state index in [1.807, 2.05) is 52.0 Å². The number of rotatable bonds is 5. The number of hydrogen-bond donors (Lipinski definition) is 1. The number of benzene rings is 1. The van der Waals surface area contributed by atoms with Crippen molar-refractivity contribution in [1.82, 2.24) is 4.90 Å². The second kappa shape index (κ2) is 7.07. The fraction of sp³-hybridized carbons (Fsp3) is 0.412. The summed E-state index contributed by atoms with van der Waals surface area (Å²) in [5, 5.41) is 8.80. The number of aliphatic carboxylic acids is 1. The summed E-state index contributed by atoms with van der Waals surface area (Å²) < 4.78 is 0. The number of carboxylic acid groups (broad SMARTS) is 1. The number of hydrogen-bond acceptors (Lipinski definition) is 2. The fourth-order valence-corrected chi connectivity index (χ4v) is 2.01. The van der Waals surface area contributed by atoms with Crippen LogP contribution in [0.1, 0.15) is 38.3 Å². The number of carboxylic acids is 1. The third kappa shape index (κ3) is 5.42. The Labute approximate surface area is 126 Å². The zero-order valence-corrected chi connectivity index (χ0v) is 13.1. The minimum atomic E-state index is -0.903. The van der Waals surface area contributed by atoms with Gasteiger partial charge < -0.3 is 10.0 Å². The standard InChI is InChI=1S/C17H23NO3/c1-13-7-5-6-8-14(13)9-10-15(19)18(17(2,3)4)12-11-16(20)21/h5-10H,11-12H2,1-4H3,(H,20,21)/b10-9+. The van der Waals surface area contributed by atoms with Crippen molar-refractivity contribution in [2.45, 2.75) is 39.7 Å². The molecule has 0 aromatic heterocycles. The van der Waals surface area contributed by atoms with Gasteiger partial charge in [0.25, 0.3) is 0 Å². The van der Waals surface area contributed by atoms with Gasteiger partial charge in [-0.1, -0.05) is 24.3 Å². The van der Waals surface area contributed by atoms with E-state index < -0.39 is 11.5 Å². The van der Waals surface area contributed by atoms with Crippen LogP contribution in [-0.4, -0.2) is 34.0 Å². The summed E-state index contributed by atoms with van der Waals surface area (Å²) in [4.78, 5) is 24.6. The van der Waals surface area contributed by atoms with Gasteiger partial charge in [0.1, 0.15) is 0 Å². The van der Waals surface area contributed by atoms with E-state index in [2.05, 4.69) is 0 Å². The van der Waals surface area contributed by atoms with Gasteiger partial charge in [0.05, 0.1) is 6.42 Å². The fourth-order valence-electron chi connectivity index (χ4n) is 2.01. The summed E-state index contributed by atoms with van der Waals surface area (Å²) >= 11 is 0. The minimum absolute atomic E-state index is 0.0544. The number of nitrogens with zero attached hydrogens (tertiary/aromatic N) is 1. The molecule has 4 nitrogen and oxygen atoms in total. The summed E-state index contributed by atoms with van der Waals surface area (Å²) in [6, 6.07) is 7.79.